The molecule has 12 nitrogen and oxygen atoms in total. The van der Waals surface area contributed by atoms with E-state index in [1.165, 1.54) is 25.8 Å². The predicted molar refractivity (Wildman–Crippen MR) is 201 cm³/mol. The molecule has 0 saturated carbocycles. The number of methoxy groups -OCH3 is 1. The minimum Gasteiger partial charge on any atom is -0.494 e. The molecule has 0 amide bonds. The molecule has 0 spiro atoms. The molecule has 0 unspecified atom stereocenters. The Bertz CT molecular complexity index is 1900. The molecule has 2 aliphatic rings. The van der Waals surface area contributed by atoms with Gasteiger partial charge in [0.15, 0.2) is 0 Å². The summed E-state index contributed by atoms with van der Waals surface area (Å²) < 4.78 is 22.0. The summed E-state index contributed by atoms with van der Waals surface area (Å²) in [7, 11) is 0.785. The summed E-state index contributed by atoms with van der Waals surface area (Å²) in [5, 5.41) is 11.8. The van der Waals surface area contributed by atoms with Gasteiger partial charge in [0.1, 0.15) is 24.4 Å². The standard InChI is InChI=1S/C34H42BrN10O2P/c1-7-37-31-26(36-2)11-12-27(32(31)48(5,6)46)40-33-25(35)19-38-34(42-33)41-28-16-24(22-18-39-43(3)20-22)29(17-30(28)47-4)45-15-14-44-13-9-8-10-23(44)21-45/h7,11-12,16-20,23H,2,8-10,13-15,21H2,1,3-6H3,(H2,38,40,41,42)/b37-7-/t23-/m1/s1. The topological polar surface area (TPSA) is 125 Å². The average Bonchev–Trinajstić information content (AvgIpc) is 3.51. The number of nitrogens with one attached hydrogen (secondary N) is 2. The Morgan fingerprint density at radius 2 is 1.96 bits per heavy atom. The first-order valence-electron chi connectivity index (χ1n) is 16.0. The number of nitrogens with zero attached hydrogens (tertiary/aromatic N) is 8. The second-order valence-corrected chi connectivity index (χ2v) is 16.5. The van der Waals surface area contributed by atoms with Gasteiger partial charge < -0.3 is 24.8 Å². The van der Waals surface area contributed by atoms with E-state index in [0.717, 1.165) is 42.1 Å². The number of benzene rings is 2. The van der Waals surface area contributed by atoms with E-state index >= 15 is 0 Å². The Hall–Kier alpha value is -4.06. The molecule has 0 aliphatic carbocycles. The number of halogens is 1. The number of rotatable bonds is 10. The monoisotopic (exact) mass is 732 g/mol. The molecule has 4 aromatic rings. The third-order valence-electron chi connectivity index (χ3n) is 8.85. The number of piperazine rings is 1. The Labute approximate surface area is 290 Å². The molecule has 2 N–H and O–H groups in total. The zero-order valence-electron chi connectivity index (χ0n) is 28.1. The molecule has 252 valence electrons. The maximum Gasteiger partial charge on any atom is 0.229 e. The summed E-state index contributed by atoms with van der Waals surface area (Å²) in [6, 6.07) is 8.38. The summed E-state index contributed by atoms with van der Waals surface area (Å²) in [4.78, 5) is 23.1. The minimum atomic E-state index is -2.82. The van der Waals surface area contributed by atoms with Gasteiger partial charge in [0, 0.05) is 74.2 Å². The van der Waals surface area contributed by atoms with Crippen LogP contribution in [0.2, 0.25) is 0 Å². The zero-order valence-corrected chi connectivity index (χ0v) is 30.6. The molecule has 0 radical (unpaired) electrons. The summed E-state index contributed by atoms with van der Waals surface area (Å²) in [5.41, 5.74) is 5.60. The summed E-state index contributed by atoms with van der Waals surface area (Å²) in [6.45, 7) is 13.1. The third kappa shape index (κ3) is 7.04. The number of aryl methyl sites for hydroxylation is 1. The van der Waals surface area contributed by atoms with Gasteiger partial charge in [-0.2, -0.15) is 10.1 Å². The van der Waals surface area contributed by atoms with Crippen molar-refractivity contribution >= 4 is 81.5 Å². The maximum atomic E-state index is 13.6. The van der Waals surface area contributed by atoms with Crippen LogP contribution in [-0.4, -0.2) is 90.2 Å². The van der Waals surface area contributed by atoms with Crippen molar-refractivity contribution in [2.75, 3.05) is 62.2 Å². The number of piperidine rings is 1. The van der Waals surface area contributed by atoms with E-state index in [2.05, 4.69) is 75.3 Å². The molecular formula is C34H42BrN10O2P. The molecule has 2 aromatic heterocycles. The molecule has 2 aromatic carbocycles. The van der Waals surface area contributed by atoms with Crippen molar-refractivity contribution in [1.29, 1.82) is 0 Å². The second-order valence-electron chi connectivity index (χ2n) is 12.5. The number of anilines is 5. The highest BCUT2D eigenvalue weighted by Gasteiger charge is 2.31. The van der Waals surface area contributed by atoms with Crippen molar-refractivity contribution in [2.45, 2.75) is 32.2 Å². The average molecular weight is 734 g/mol. The van der Waals surface area contributed by atoms with Crippen molar-refractivity contribution in [3.8, 4) is 16.9 Å². The molecule has 6 rings (SSSR count). The van der Waals surface area contributed by atoms with Gasteiger partial charge in [0.25, 0.3) is 0 Å². The maximum absolute atomic E-state index is 13.6. The first-order valence-corrected chi connectivity index (χ1v) is 19.4. The highest BCUT2D eigenvalue weighted by molar-refractivity contribution is 9.10. The number of hydrogen-bond acceptors (Lipinski definition) is 11. The van der Waals surface area contributed by atoms with E-state index < -0.39 is 7.14 Å². The first-order chi connectivity index (χ1) is 23.1. The number of aliphatic imine (C=N–C) groups is 2. The number of hydrogen-bond donors (Lipinski definition) is 2. The van der Waals surface area contributed by atoms with Crippen LogP contribution in [0.25, 0.3) is 11.1 Å². The Morgan fingerprint density at radius 1 is 1.12 bits per heavy atom. The van der Waals surface area contributed by atoms with Gasteiger partial charge in [-0.1, -0.05) is 6.42 Å². The van der Waals surface area contributed by atoms with E-state index in [1.807, 2.05) is 37.1 Å². The Morgan fingerprint density at radius 3 is 2.67 bits per heavy atom. The van der Waals surface area contributed by atoms with Gasteiger partial charge >= 0.3 is 0 Å². The molecule has 1 atom stereocenters. The first kappa shape index (κ1) is 33.8. The highest BCUT2D eigenvalue weighted by atomic mass is 79.9. The largest absolute Gasteiger partial charge is 0.494 e. The van der Waals surface area contributed by atoms with E-state index in [1.54, 1.807) is 38.9 Å². The van der Waals surface area contributed by atoms with Gasteiger partial charge in [0.2, 0.25) is 5.95 Å². The normalized spacial score (nSPS) is 17.0. The molecule has 48 heavy (non-hydrogen) atoms. The van der Waals surface area contributed by atoms with Crippen LogP contribution in [0, 0.1) is 0 Å². The molecule has 0 bridgehead atoms. The molecule has 2 fully saturated rings. The van der Waals surface area contributed by atoms with Crippen LogP contribution in [0.5, 0.6) is 5.75 Å². The van der Waals surface area contributed by atoms with E-state index in [9.17, 15) is 4.57 Å². The predicted octanol–water partition coefficient (Wildman–Crippen LogP) is 7.11. The summed E-state index contributed by atoms with van der Waals surface area (Å²) >= 11 is 3.59. The van der Waals surface area contributed by atoms with Crippen LogP contribution in [0.4, 0.5) is 40.2 Å². The Balaban J connectivity index is 1.36. The zero-order chi connectivity index (χ0) is 34.0. The van der Waals surface area contributed by atoms with Crippen LogP contribution >= 0.6 is 23.1 Å². The fraction of sp³-hybridized carbons (Fsp3) is 0.382. The van der Waals surface area contributed by atoms with Crippen LogP contribution in [0.3, 0.4) is 0 Å². The second kappa shape index (κ2) is 14.2. The summed E-state index contributed by atoms with van der Waals surface area (Å²) in [5.74, 6) is 1.52. The smallest absolute Gasteiger partial charge is 0.229 e. The van der Waals surface area contributed by atoms with Gasteiger partial charge in [-0.15, -0.1) is 0 Å². The van der Waals surface area contributed by atoms with Gasteiger partial charge in [-0.25, -0.2) is 4.98 Å². The van der Waals surface area contributed by atoms with Gasteiger partial charge in [-0.05, 0) is 80.5 Å². The lowest BCUT2D eigenvalue weighted by molar-refractivity contribution is 0.133. The minimum absolute atomic E-state index is 0.355. The highest BCUT2D eigenvalue weighted by Crippen LogP contribution is 2.46. The summed E-state index contributed by atoms with van der Waals surface area (Å²) in [6.07, 6.45) is 11.1. The number of ether oxygens (including phenoxy) is 1. The molecular weight excluding hydrogens is 691 g/mol. The van der Waals surface area contributed by atoms with Crippen molar-refractivity contribution in [3.63, 3.8) is 0 Å². The van der Waals surface area contributed by atoms with Crippen LogP contribution in [0.1, 0.15) is 26.2 Å². The van der Waals surface area contributed by atoms with Crippen LogP contribution in [-0.2, 0) is 11.6 Å². The van der Waals surface area contributed by atoms with E-state index in [4.69, 9.17) is 9.72 Å². The van der Waals surface area contributed by atoms with Gasteiger partial charge in [0.05, 0.1) is 40.1 Å². The lowest BCUT2D eigenvalue weighted by atomic mass is 9.97. The lowest BCUT2D eigenvalue weighted by Crippen LogP contribution is -2.55. The number of fused-ring (bicyclic) bond motifs is 1. The fourth-order valence-corrected chi connectivity index (χ4v) is 8.31. The van der Waals surface area contributed by atoms with E-state index in [0.29, 0.717) is 50.4 Å². The van der Waals surface area contributed by atoms with Crippen molar-refractivity contribution in [1.82, 2.24) is 24.6 Å². The third-order valence-corrected chi connectivity index (χ3v) is 11.0. The van der Waals surface area contributed by atoms with Crippen LogP contribution in [0.15, 0.2) is 57.3 Å². The van der Waals surface area contributed by atoms with Crippen LogP contribution < -0.4 is 25.6 Å². The SMILES string of the molecule is C=Nc1ccc(Nc2nc(Nc3cc(-c4cnn(C)c4)c(N4CCN5CCCC[C@@H]5C4)cc3OC)ncc2Br)c(P(C)(C)=O)c1/N=C\C. The van der Waals surface area contributed by atoms with Crippen molar-refractivity contribution in [2.24, 2.45) is 17.0 Å². The molecule has 2 aliphatic heterocycles. The van der Waals surface area contributed by atoms with Crippen molar-refractivity contribution in [3.05, 3.63) is 47.3 Å². The lowest BCUT2D eigenvalue weighted by Gasteiger charge is -2.45. The van der Waals surface area contributed by atoms with Crippen molar-refractivity contribution < 1.29 is 9.30 Å². The molecule has 2 saturated heterocycles. The molecule has 14 heteroatoms. The van der Waals surface area contributed by atoms with E-state index in [-0.39, 0.29) is 0 Å². The number of aromatic nitrogens is 4. The molecule has 4 heterocycles. The Kier molecular flexibility index (Phi) is 10.0. The van der Waals surface area contributed by atoms with Gasteiger partial charge in [-0.3, -0.25) is 19.6 Å². The quantitative estimate of drug-likeness (QED) is 0.130. The fourth-order valence-electron chi connectivity index (χ4n) is 6.63.